The van der Waals surface area contributed by atoms with E-state index in [2.05, 4.69) is 16.0 Å². The van der Waals surface area contributed by atoms with Crippen molar-refractivity contribution in [1.82, 2.24) is 16.0 Å². The Hall–Kier alpha value is -2.51. The first kappa shape index (κ1) is 17.5. The van der Waals surface area contributed by atoms with Crippen molar-refractivity contribution >= 4 is 17.9 Å². The lowest BCUT2D eigenvalue weighted by Gasteiger charge is -2.16. The van der Waals surface area contributed by atoms with Gasteiger partial charge in [-0.1, -0.05) is 13.8 Å². The molecule has 0 aliphatic carbocycles. The molecule has 1 rings (SSSR count). The molecule has 0 unspecified atom stereocenters. The van der Waals surface area contributed by atoms with E-state index in [9.17, 15) is 14.4 Å². The molecule has 4 N–H and O–H groups in total. The van der Waals surface area contributed by atoms with E-state index < -0.39 is 23.9 Å². The molecule has 3 amide bonds. The number of carbonyl (C=O) groups excluding carboxylic acids is 2. The summed E-state index contributed by atoms with van der Waals surface area (Å²) >= 11 is 0. The monoisotopic (exact) mass is 311 g/mol. The summed E-state index contributed by atoms with van der Waals surface area (Å²) in [6.45, 7) is 3.63. The molecule has 1 heterocycles. The molecule has 122 valence electrons. The molecule has 0 saturated heterocycles. The van der Waals surface area contributed by atoms with Crippen LogP contribution in [-0.2, 0) is 16.1 Å². The quantitative estimate of drug-likeness (QED) is 0.563. The van der Waals surface area contributed by atoms with Crippen molar-refractivity contribution in [2.75, 3.05) is 6.54 Å². The first-order valence-corrected chi connectivity index (χ1v) is 6.94. The fourth-order valence-corrected chi connectivity index (χ4v) is 1.74. The molecular formula is C14H21N3O5. The van der Waals surface area contributed by atoms with Gasteiger partial charge in [0.25, 0.3) is 0 Å². The zero-order chi connectivity index (χ0) is 16.5. The van der Waals surface area contributed by atoms with Crippen LogP contribution in [0.5, 0.6) is 0 Å². The van der Waals surface area contributed by atoms with Crippen LogP contribution in [0, 0.1) is 5.92 Å². The van der Waals surface area contributed by atoms with Gasteiger partial charge >= 0.3 is 12.0 Å². The highest BCUT2D eigenvalue weighted by Gasteiger charge is 2.21. The summed E-state index contributed by atoms with van der Waals surface area (Å²) in [7, 11) is 0. The average Bonchev–Trinajstić information content (AvgIpc) is 2.94. The van der Waals surface area contributed by atoms with Crippen molar-refractivity contribution in [3.63, 3.8) is 0 Å². The van der Waals surface area contributed by atoms with Gasteiger partial charge in [-0.05, 0) is 24.5 Å². The number of hydrogen-bond donors (Lipinski definition) is 4. The molecule has 0 radical (unpaired) electrons. The summed E-state index contributed by atoms with van der Waals surface area (Å²) in [5, 5.41) is 16.2. The summed E-state index contributed by atoms with van der Waals surface area (Å²) in [4.78, 5) is 34.1. The topological polar surface area (TPSA) is 121 Å². The molecule has 1 aromatic rings. The number of rotatable bonds is 8. The molecule has 1 aromatic heterocycles. The van der Waals surface area contributed by atoms with Gasteiger partial charge < -0.3 is 25.5 Å². The van der Waals surface area contributed by atoms with Gasteiger partial charge in [0.05, 0.1) is 19.4 Å². The molecule has 1 atom stereocenters. The molecule has 8 heteroatoms. The van der Waals surface area contributed by atoms with E-state index in [1.165, 1.54) is 6.26 Å². The van der Waals surface area contributed by atoms with E-state index in [0.29, 0.717) is 12.2 Å². The Morgan fingerprint density at radius 2 is 2.00 bits per heavy atom. The molecule has 0 bridgehead atoms. The number of urea groups is 1. The lowest BCUT2D eigenvalue weighted by molar-refractivity contribution is -0.142. The summed E-state index contributed by atoms with van der Waals surface area (Å²) in [5.74, 6) is -0.932. The largest absolute Gasteiger partial charge is 0.480 e. The van der Waals surface area contributed by atoms with E-state index in [4.69, 9.17) is 9.52 Å². The summed E-state index contributed by atoms with van der Waals surface area (Å²) in [5.41, 5.74) is 0. The number of nitrogens with one attached hydrogen (secondary N) is 3. The van der Waals surface area contributed by atoms with Crippen molar-refractivity contribution in [2.24, 2.45) is 5.92 Å². The van der Waals surface area contributed by atoms with Gasteiger partial charge in [0, 0.05) is 0 Å². The maximum absolute atomic E-state index is 11.6. The smallest absolute Gasteiger partial charge is 0.326 e. The molecule has 0 aromatic carbocycles. The van der Waals surface area contributed by atoms with Gasteiger partial charge in [-0.25, -0.2) is 9.59 Å². The molecule has 0 saturated carbocycles. The highest BCUT2D eigenvalue weighted by atomic mass is 16.4. The maximum atomic E-state index is 11.6. The van der Waals surface area contributed by atoms with Crippen molar-refractivity contribution < 1.29 is 23.9 Å². The third-order valence-corrected chi connectivity index (χ3v) is 2.75. The Morgan fingerprint density at radius 1 is 1.27 bits per heavy atom. The summed E-state index contributed by atoms with van der Waals surface area (Å²) in [6, 6.07) is 1.90. The van der Waals surface area contributed by atoms with Gasteiger partial charge in [0.2, 0.25) is 5.91 Å². The van der Waals surface area contributed by atoms with E-state index in [-0.39, 0.29) is 19.0 Å². The van der Waals surface area contributed by atoms with Crippen molar-refractivity contribution in [1.29, 1.82) is 0 Å². The normalized spacial score (nSPS) is 11.8. The highest BCUT2D eigenvalue weighted by molar-refractivity contribution is 5.87. The van der Waals surface area contributed by atoms with Gasteiger partial charge in [0.15, 0.2) is 0 Å². The van der Waals surface area contributed by atoms with Gasteiger partial charge in [-0.2, -0.15) is 0 Å². The number of hydrogen-bond acceptors (Lipinski definition) is 4. The number of carboxylic acids is 1. The first-order valence-electron chi connectivity index (χ1n) is 6.94. The average molecular weight is 311 g/mol. The van der Waals surface area contributed by atoms with E-state index >= 15 is 0 Å². The Kier molecular flexibility index (Phi) is 6.94. The third-order valence-electron chi connectivity index (χ3n) is 2.75. The lowest BCUT2D eigenvalue weighted by Crippen LogP contribution is -2.47. The Morgan fingerprint density at radius 3 is 2.55 bits per heavy atom. The summed E-state index contributed by atoms with van der Waals surface area (Å²) in [6.07, 6.45) is 1.81. The Balaban J connectivity index is 2.28. The van der Waals surface area contributed by atoms with Gasteiger partial charge in [0.1, 0.15) is 11.8 Å². The predicted molar refractivity (Wildman–Crippen MR) is 78.0 cm³/mol. The molecule has 22 heavy (non-hydrogen) atoms. The van der Waals surface area contributed by atoms with E-state index in [1.54, 1.807) is 12.1 Å². The molecule has 0 fully saturated rings. The minimum Gasteiger partial charge on any atom is -0.480 e. The van der Waals surface area contributed by atoms with Crippen LogP contribution in [0.25, 0.3) is 0 Å². The van der Waals surface area contributed by atoms with Crippen LogP contribution in [0.4, 0.5) is 4.79 Å². The third kappa shape index (κ3) is 6.78. The zero-order valence-electron chi connectivity index (χ0n) is 12.6. The van der Waals surface area contributed by atoms with Crippen LogP contribution in [0.15, 0.2) is 22.8 Å². The minimum atomic E-state index is -1.09. The van der Waals surface area contributed by atoms with Crippen LogP contribution < -0.4 is 16.0 Å². The standard InChI is InChI=1S/C14H21N3O5/c1-9(2)6-11(13(19)20)17-12(18)8-16-14(21)15-7-10-4-3-5-22-10/h3-5,9,11H,6-8H2,1-2H3,(H,17,18)(H,19,20)(H2,15,16,21)/t11-/m0/s1. The molecule has 0 spiro atoms. The predicted octanol–water partition coefficient (Wildman–Crippen LogP) is 0.694. The number of furan rings is 1. The number of amides is 3. The fraction of sp³-hybridized carbons (Fsp3) is 0.500. The number of carbonyl (C=O) groups is 3. The second kappa shape index (κ2) is 8.71. The highest BCUT2D eigenvalue weighted by Crippen LogP contribution is 2.04. The van der Waals surface area contributed by atoms with Crippen LogP contribution in [0.1, 0.15) is 26.0 Å². The lowest BCUT2D eigenvalue weighted by atomic mass is 10.0. The van der Waals surface area contributed by atoms with Crippen molar-refractivity contribution in [3.05, 3.63) is 24.2 Å². The van der Waals surface area contributed by atoms with Crippen LogP contribution >= 0.6 is 0 Å². The van der Waals surface area contributed by atoms with E-state index in [0.717, 1.165) is 0 Å². The van der Waals surface area contributed by atoms with Crippen LogP contribution in [0.2, 0.25) is 0 Å². The van der Waals surface area contributed by atoms with Crippen molar-refractivity contribution in [3.8, 4) is 0 Å². The van der Waals surface area contributed by atoms with Gasteiger partial charge in [-0.3, -0.25) is 4.79 Å². The first-order chi connectivity index (χ1) is 10.4. The number of carboxylic acid groups (broad SMARTS) is 1. The van der Waals surface area contributed by atoms with Crippen LogP contribution in [-0.4, -0.2) is 35.6 Å². The second-order valence-corrected chi connectivity index (χ2v) is 5.20. The molecular weight excluding hydrogens is 290 g/mol. The summed E-state index contributed by atoms with van der Waals surface area (Å²) < 4.78 is 5.04. The second-order valence-electron chi connectivity index (χ2n) is 5.20. The maximum Gasteiger partial charge on any atom is 0.326 e. The fourth-order valence-electron chi connectivity index (χ4n) is 1.74. The molecule has 0 aliphatic heterocycles. The van der Waals surface area contributed by atoms with Crippen molar-refractivity contribution in [2.45, 2.75) is 32.9 Å². The Bertz CT molecular complexity index is 499. The van der Waals surface area contributed by atoms with E-state index in [1.807, 2.05) is 13.8 Å². The number of aliphatic carboxylic acids is 1. The zero-order valence-corrected chi connectivity index (χ0v) is 12.6. The SMILES string of the molecule is CC(C)C[C@H](NC(=O)CNC(=O)NCc1ccco1)C(=O)O. The minimum absolute atomic E-state index is 0.131. The molecule has 0 aliphatic rings. The Labute approximate surface area is 128 Å². The van der Waals surface area contributed by atoms with Crippen LogP contribution in [0.3, 0.4) is 0 Å². The van der Waals surface area contributed by atoms with Gasteiger partial charge in [-0.15, -0.1) is 0 Å². The molecule has 8 nitrogen and oxygen atoms in total.